The molecule has 3 aliphatic rings. The summed E-state index contributed by atoms with van der Waals surface area (Å²) >= 11 is 0. The number of epoxide rings is 1. The van der Waals surface area contributed by atoms with Gasteiger partial charge >= 0.3 is 23.9 Å². The van der Waals surface area contributed by atoms with Crippen molar-refractivity contribution in [2.75, 3.05) is 56.9 Å². The average molecular weight is 1040 g/mol. The molecule has 6 unspecified atom stereocenters. The fraction of sp³-hybridized carbons (Fsp3) is 0.418. The largest absolute Gasteiger partial charge is 0.494 e. The lowest BCUT2D eigenvalue weighted by Gasteiger charge is -2.29. The van der Waals surface area contributed by atoms with Crippen molar-refractivity contribution in [1.29, 1.82) is 5.41 Å². The molecular formula is C55H63N3O17. The Morgan fingerprint density at radius 3 is 2.01 bits per heavy atom. The van der Waals surface area contributed by atoms with Crippen molar-refractivity contribution >= 4 is 47.0 Å². The zero-order chi connectivity index (χ0) is 53.1. The Bertz CT molecular complexity index is 2600. The van der Waals surface area contributed by atoms with Crippen LogP contribution in [0.15, 0.2) is 97.6 Å². The van der Waals surface area contributed by atoms with Gasteiger partial charge in [0.1, 0.15) is 41.5 Å². The van der Waals surface area contributed by atoms with Crippen molar-refractivity contribution in [2.45, 2.75) is 89.7 Å². The van der Waals surface area contributed by atoms with Crippen LogP contribution in [0.25, 0.3) is 0 Å². The van der Waals surface area contributed by atoms with Gasteiger partial charge in [0, 0.05) is 47.2 Å². The summed E-state index contributed by atoms with van der Waals surface area (Å²) in [6.45, 7) is 7.46. The minimum Gasteiger partial charge on any atom is -0.494 e. The standard InChI is InChI=1S/C55H63N3O17/c1-3-47(59)68-26-7-5-24-66-38-15-11-34(12-16-38)50(56)57-45-21-19-40(30-43(45)54(64)72-33-42-32-71-42)73-52(62)36-9-10-37(29-36)53(63)74-41-20-22-46(44(31-41)55(65)75-49-23-28-70-49)58-51(61)35-13-17-39(18-14-35)67-25-6-8-27-69-48(60)4-2/h3,11-22,30-31,36-37,42,49,53,55,63,65H,1,4-10,23-29,32-33H2,2H3,(H2,56,57)(H,58,61). The van der Waals surface area contributed by atoms with E-state index in [1.54, 1.807) is 55.5 Å². The Morgan fingerprint density at radius 2 is 1.37 bits per heavy atom. The van der Waals surface area contributed by atoms with Gasteiger partial charge in [0.25, 0.3) is 5.91 Å². The van der Waals surface area contributed by atoms with Gasteiger partial charge in [-0.1, -0.05) is 13.5 Å². The summed E-state index contributed by atoms with van der Waals surface area (Å²) in [6.07, 6.45) is 1.88. The van der Waals surface area contributed by atoms with E-state index in [-0.39, 0.29) is 71.5 Å². The summed E-state index contributed by atoms with van der Waals surface area (Å²) in [5, 5.41) is 37.0. The van der Waals surface area contributed by atoms with Crippen LogP contribution in [0.1, 0.15) is 103 Å². The number of aliphatic hydroxyl groups is 2. The zero-order valence-corrected chi connectivity index (χ0v) is 41.7. The molecular weight excluding hydrogens is 975 g/mol. The van der Waals surface area contributed by atoms with Gasteiger partial charge in [-0.05, 0) is 130 Å². The Kier molecular flexibility index (Phi) is 20.5. The number of esters is 4. The number of anilines is 2. The first kappa shape index (κ1) is 55.4. The minimum atomic E-state index is -1.53. The molecule has 5 N–H and O–H groups in total. The molecule has 2 heterocycles. The van der Waals surface area contributed by atoms with Crippen LogP contribution in [0.5, 0.6) is 23.0 Å². The highest BCUT2D eigenvalue weighted by Crippen LogP contribution is 2.37. The topological polar surface area (TPSA) is 269 Å². The molecule has 75 heavy (non-hydrogen) atoms. The van der Waals surface area contributed by atoms with Crippen LogP contribution in [0.2, 0.25) is 0 Å². The summed E-state index contributed by atoms with van der Waals surface area (Å²) in [7, 11) is 0. The van der Waals surface area contributed by atoms with E-state index in [2.05, 4.69) is 17.2 Å². The Balaban J connectivity index is 0.922. The minimum absolute atomic E-state index is 0.0237. The van der Waals surface area contributed by atoms with Crippen LogP contribution in [0, 0.1) is 17.2 Å². The molecule has 1 aliphatic carbocycles. The van der Waals surface area contributed by atoms with Gasteiger partial charge in [0.2, 0.25) is 0 Å². The molecule has 20 nitrogen and oxygen atoms in total. The van der Waals surface area contributed by atoms with E-state index in [0.29, 0.717) is 107 Å². The first-order valence-corrected chi connectivity index (χ1v) is 25.0. The Labute approximate surface area is 434 Å². The molecule has 4 aromatic rings. The van der Waals surface area contributed by atoms with Gasteiger partial charge in [-0.25, -0.2) is 9.59 Å². The molecule has 4 aromatic carbocycles. The number of aliphatic hydroxyl groups excluding tert-OH is 2. The highest BCUT2D eigenvalue weighted by molar-refractivity contribution is 6.09. The monoisotopic (exact) mass is 1040 g/mol. The number of carbonyl (C=O) groups is 5. The lowest BCUT2D eigenvalue weighted by Crippen LogP contribution is -2.31. The maximum Gasteiger partial charge on any atom is 0.340 e. The van der Waals surface area contributed by atoms with Gasteiger partial charge in [-0.2, -0.15) is 0 Å². The van der Waals surface area contributed by atoms with Crippen LogP contribution in [-0.4, -0.2) is 111 Å². The van der Waals surface area contributed by atoms with Gasteiger partial charge in [0.15, 0.2) is 18.9 Å². The molecule has 20 heteroatoms. The molecule has 400 valence electrons. The fourth-order valence-corrected chi connectivity index (χ4v) is 7.80. The molecule has 0 spiro atoms. The van der Waals surface area contributed by atoms with Crippen molar-refractivity contribution in [3.05, 3.63) is 120 Å². The van der Waals surface area contributed by atoms with E-state index < -0.39 is 54.5 Å². The van der Waals surface area contributed by atoms with Crippen molar-refractivity contribution in [1.82, 2.24) is 0 Å². The predicted octanol–water partition coefficient (Wildman–Crippen LogP) is 7.41. The van der Waals surface area contributed by atoms with E-state index >= 15 is 0 Å². The van der Waals surface area contributed by atoms with E-state index in [9.17, 15) is 34.2 Å². The summed E-state index contributed by atoms with van der Waals surface area (Å²) in [4.78, 5) is 62.9. The Morgan fingerprint density at radius 1 is 0.747 bits per heavy atom. The first-order chi connectivity index (χ1) is 36.3. The summed E-state index contributed by atoms with van der Waals surface area (Å²) in [5.41, 5.74) is 1.46. The second-order valence-corrected chi connectivity index (χ2v) is 17.8. The van der Waals surface area contributed by atoms with Gasteiger partial charge in [-0.3, -0.25) is 19.8 Å². The number of benzene rings is 4. The second-order valence-electron chi connectivity index (χ2n) is 17.8. The predicted molar refractivity (Wildman–Crippen MR) is 270 cm³/mol. The van der Waals surface area contributed by atoms with Gasteiger partial charge in [-0.15, -0.1) is 0 Å². The number of nitrogens with one attached hydrogen (secondary N) is 3. The van der Waals surface area contributed by atoms with Crippen LogP contribution in [0.3, 0.4) is 0 Å². The first-order valence-electron chi connectivity index (χ1n) is 25.0. The number of carbonyl (C=O) groups excluding carboxylic acids is 5. The highest BCUT2D eigenvalue weighted by Gasteiger charge is 2.37. The van der Waals surface area contributed by atoms with Gasteiger partial charge in [0.05, 0.1) is 56.8 Å². The number of unbranched alkanes of at least 4 members (excludes halogenated alkanes) is 2. The number of rotatable bonds is 29. The maximum atomic E-state index is 13.6. The maximum absolute atomic E-state index is 13.6. The normalized spacial score (nSPS) is 18.2. The molecule has 7 rings (SSSR count). The van der Waals surface area contributed by atoms with E-state index in [1.807, 2.05) is 0 Å². The summed E-state index contributed by atoms with van der Waals surface area (Å²) in [5.74, 6) is -2.24. The number of amidine groups is 1. The molecule has 0 radical (unpaired) electrons. The summed E-state index contributed by atoms with van der Waals surface area (Å²) in [6, 6.07) is 22.2. The SMILES string of the molecule is C=CC(=O)OCCCCOc1ccc(C(=N)Nc2ccc(OC(=O)C3CCC(C(O)Oc4ccc(NC(=O)c5ccc(OCCCCOC(=O)CC)cc5)c(C(O)OC5CCO5)c4)C3)cc2C(=O)OCC2CO2)cc1. The second kappa shape index (κ2) is 27.8. The lowest BCUT2D eigenvalue weighted by atomic mass is 10.0. The summed E-state index contributed by atoms with van der Waals surface area (Å²) < 4.78 is 55.0. The molecule has 1 saturated carbocycles. The van der Waals surface area contributed by atoms with Crippen LogP contribution in [0.4, 0.5) is 11.4 Å². The quantitative estimate of drug-likeness (QED) is 0.00408. The molecule has 0 bridgehead atoms. The number of hydrogen-bond acceptors (Lipinski definition) is 18. The molecule has 2 saturated heterocycles. The molecule has 2 aliphatic heterocycles. The third-order valence-corrected chi connectivity index (χ3v) is 12.3. The average Bonchev–Trinajstić information content (AvgIpc) is 4.11. The lowest BCUT2D eigenvalue weighted by molar-refractivity contribution is -0.279. The van der Waals surface area contributed by atoms with Crippen LogP contribution >= 0.6 is 0 Å². The third-order valence-electron chi connectivity index (χ3n) is 12.3. The molecule has 6 atom stereocenters. The fourth-order valence-electron chi connectivity index (χ4n) is 7.80. The number of hydrogen-bond donors (Lipinski definition) is 5. The van der Waals surface area contributed by atoms with E-state index in [0.717, 1.165) is 6.08 Å². The smallest absolute Gasteiger partial charge is 0.340 e. The van der Waals surface area contributed by atoms with Crippen LogP contribution in [-0.2, 0) is 42.8 Å². The van der Waals surface area contributed by atoms with E-state index in [1.165, 1.54) is 36.4 Å². The van der Waals surface area contributed by atoms with E-state index in [4.69, 9.17) is 52.8 Å². The van der Waals surface area contributed by atoms with Gasteiger partial charge < -0.3 is 68.2 Å². The third kappa shape index (κ3) is 17.1. The number of ether oxygens (including phenoxy) is 10. The van der Waals surface area contributed by atoms with Crippen molar-refractivity contribution in [3.8, 4) is 23.0 Å². The molecule has 0 aromatic heterocycles. The van der Waals surface area contributed by atoms with Crippen molar-refractivity contribution in [2.24, 2.45) is 11.8 Å². The van der Waals surface area contributed by atoms with Crippen molar-refractivity contribution < 1.29 is 81.6 Å². The number of amides is 1. The molecule has 3 fully saturated rings. The highest BCUT2D eigenvalue weighted by atomic mass is 16.7. The zero-order valence-electron chi connectivity index (χ0n) is 41.7. The Hall–Kier alpha value is -7.36. The molecule has 1 amide bonds. The van der Waals surface area contributed by atoms with Crippen molar-refractivity contribution in [3.63, 3.8) is 0 Å². The van der Waals surface area contributed by atoms with Crippen LogP contribution < -0.4 is 29.6 Å².